The van der Waals surface area contributed by atoms with E-state index < -0.39 is 18.2 Å². The van der Waals surface area contributed by atoms with Crippen molar-refractivity contribution < 1.29 is 19.1 Å². The monoisotopic (exact) mass is 766 g/mol. The van der Waals surface area contributed by atoms with Crippen molar-refractivity contribution in [3.05, 3.63) is 138 Å². The molecule has 1 saturated heterocycles. The number of hydrogen-bond donors (Lipinski definition) is 3. The average Bonchev–Trinajstić information content (AvgIpc) is 4.05. The highest BCUT2D eigenvalue weighted by Gasteiger charge is 2.39. The number of aromatic amines is 1. The number of nitrogens with zero attached hydrogens (tertiary/aromatic N) is 5. The Balaban J connectivity index is 0.969. The van der Waals surface area contributed by atoms with E-state index in [1.165, 1.54) is 7.11 Å². The predicted molar refractivity (Wildman–Crippen MR) is 221 cm³/mol. The molecule has 1 fully saturated rings. The molecule has 1 aromatic heterocycles. The molecule has 0 spiro atoms. The first kappa shape index (κ1) is 39.0. The molecule has 3 amide bonds. The number of ether oxygens (including phenoxy) is 1. The van der Waals surface area contributed by atoms with Crippen LogP contribution in [-0.2, 0) is 14.3 Å². The van der Waals surface area contributed by atoms with Gasteiger partial charge in [0.1, 0.15) is 23.7 Å². The number of alkyl carbamates (subject to hydrolysis) is 1. The summed E-state index contributed by atoms with van der Waals surface area (Å²) in [5.74, 6) is 1.34. The zero-order chi connectivity index (χ0) is 40.1. The van der Waals surface area contributed by atoms with Crippen LogP contribution in [0.15, 0.2) is 120 Å². The van der Waals surface area contributed by atoms with E-state index in [1.54, 1.807) is 30.3 Å². The fourth-order valence-corrected chi connectivity index (χ4v) is 7.75. The third-order valence-electron chi connectivity index (χ3n) is 11.1. The van der Waals surface area contributed by atoms with Crippen LogP contribution in [0.2, 0.25) is 0 Å². The van der Waals surface area contributed by atoms with Gasteiger partial charge in [-0.2, -0.15) is 0 Å². The summed E-state index contributed by atoms with van der Waals surface area (Å²) in [5, 5.41) is 6.32. The maximum atomic E-state index is 13.9. The molecule has 2 aliphatic heterocycles. The first-order valence-corrected chi connectivity index (χ1v) is 19.4. The highest BCUT2D eigenvalue weighted by Crippen LogP contribution is 2.31. The Labute approximate surface area is 334 Å². The van der Waals surface area contributed by atoms with E-state index in [0.29, 0.717) is 17.9 Å². The molecular formula is C45H50N8O4. The molecule has 57 heavy (non-hydrogen) atoms. The zero-order valence-electron chi connectivity index (χ0n) is 33.1. The number of likely N-dealkylation sites (N-methyl/N-ethyl adjacent to an activating group) is 2. The lowest BCUT2D eigenvalue weighted by Crippen LogP contribution is -2.48. The second kappa shape index (κ2) is 17.3. The predicted octanol–water partition coefficient (Wildman–Crippen LogP) is 6.70. The summed E-state index contributed by atoms with van der Waals surface area (Å²) in [7, 11) is 6.88. The number of benzene rings is 4. The quantitative estimate of drug-likeness (QED) is 0.129. The molecule has 12 heteroatoms. The van der Waals surface area contributed by atoms with Crippen LogP contribution < -0.4 is 10.6 Å². The van der Waals surface area contributed by atoms with Crippen LogP contribution in [0.25, 0.3) is 22.4 Å². The highest BCUT2D eigenvalue weighted by molar-refractivity contribution is 5.95. The summed E-state index contributed by atoms with van der Waals surface area (Å²) in [6.07, 6.45) is 2.93. The number of aliphatic imine (C=N–C) groups is 1. The van der Waals surface area contributed by atoms with Crippen LogP contribution in [0.5, 0.6) is 0 Å². The molecule has 5 aromatic rings. The molecular weight excluding hydrogens is 717 g/mol. The van der Waals surface area contributed by atoms with Crippen molar-refractivity contribution in [1.82, 2.24) is 35.3 Å². The SMILES string of the molecule is COC(=O)N[C@@H](C(=O)N(C)[C@@H](C)c1ncc(-c2ccc(-c3ccc(C4CN=C([C@@H]5CCCN5C(=O)[C@@H](c5ccccc5)N(C)C)N4)cc3)cc2)[nH]1)c1ccccc1. The molecule has 0 aliphatic carbocycles. The lowest BCUT2D eigenvalue weighted by molar-refractivity contribution is -0.136. The number of carbonyl (C=O) groups is 3. The molecule has 4 aromatic carbocycles. The molecule has 2 aliphatic rings. The number of rotatable bonds is 12. The van der Waals surface area contributed by atoms with Gasteiger partial charge < -0.3 is 30.2 Å². The van der Waals surface area contributed by atoms with Gasteiger partial charge in [-0.25, -0.2) is 9.78 Å². The Morgan fingerprint density at radius 2 is 1.46 bits per heavy atom. The Hall–Kier alpha value is -6.27. The van der Waals surface area contributed by atoms with Crippen molar-refractivity contribution in [1.29, 1.82) is 0 Å². The van der Waals surface area contributed by atoms with Crippen LogP contribution in [0.3, 0.4) is 0 Å². The standard InChI is InChI=1S/C45H50N8O4/c1-29(52(4)43(54)39(50-45(56)57-5)34-13-8-6-9-14-34)41-46-27-36(48-41)32-22-18-30(19-23-32)31-20-24-33(25-21-31)37-28-47-42(49-37)38-17-12-26-53(38)44(55)40(51(2)3)35-15-10-7-11-16-35/h6-11,13-16,18-25,27,29,37-40H,12,17,26,28H2,1-5H3,(H,46,48)(H,47,49)(H,50,56)/t29-,37?,38-,39+,40+/m0/s1. The molecule has 0 saturated carbocycles. The van der Waals surface area contributed by atoms with Gasteiger partial charge in [0.25, 0.3) is 0 Å². The third-order valence-corrected chi connectivity index (χ3v) is 11.1. The molecule has 1 unspecified atom stereocenters. The Kier molecular flexibility index (Phi) is 11.8. The first-order valence-electron chi connectivity index (χ1n) is 19.4. The minimum Gasteiger partial charge on any atom is -0.453 e. The van der Waals surface area contributed by atoms with E-state index in [2.05, 4.69) is 69.1 Å². The van der Waals surface area contributed by atoms with Gasteiger partial charge in [0.15, 0.2) is 0 Å². The van der Waals surface area contributed by atoms with Gasteiger partial charge in [-0.05, 0) is 67.2 Å². The Bertz CT molecular complexity index is 2190. The van der Waals surface area contributed by atoms with Crippen LogP contribution in [-0.4, -0.2) is 95.8 Å². The van der Waals surface area contributed by atoms with Gasteiger partial charge in [-0.3, -0.25) is 19.5 Å². The number of likely N-dealkylation sites (tertiary alicyclic amines) is 1. The van der Waals surface area contributed by atoms with Gasteiger partial charge in [-0.1, -0.05) is 109 Å². The lowest BCUT2D eigenvalue weighted by atomic mass is 9.99. The summed E-state index contributed by atoms with van der Waals surface area (Å²) >= 11 is 0. The topological polar surface area (TPSA) is 135 Å². The van der Waals surface area contributed by atoms with E-state index in [9.17, 15) is 14.4 Å². The van der Waals surface area contributed by atoms with Crippen molar-refractivity contribution in [3.8, 4) is 22.4 Å². The van der Waals surface area contributed by atoms with Gasteiger partial charge in [0, 0.05) is 13.6 Å². The number of aromatic nitrogens is 2. The number of carbonyl (C=O) groups excluding carboxylic acids is 3. The Morgan fingerprint density at radius 1 is 0.842 bits per heavy atom. The molecule has 294 valence electrons. The number of methoxy groups -OCH3 is 1. The van der Waals surface area contributed by atoms with Crippen molar-refractivity contribution in [3.63, 3.8) is 0 Å². The smallest absolute Gasteiger partial charge is 0.407 e. The number of amides is 3. The van der Waals surface area contributed by atoms with Gasteiger partial charge >= 0.3 is 6.09 Å². The molecule has 3 heterocycles. The van der Waals surface area contributed by atoms with Crippen LogP contribution >= 0.6 is 0 Å². The van der Waals surface area contributed by atoms with Crippen molar-refractivity contribution in [2.24, 2.45) is 4.99 Å². The number of H-pyrrole nitrogens is 1. The van der Waals surface area contributed by atoms with E-state index >= 15 is 0 Å². The molecule has 3 N–H and O–H groups in total. The van der Waals surface area contributed by atoms with Gasteiger partial charge in [-0.15, -0.1) is 0 Å². The number of amidine groups is 1. The highest BCUT2D eigenvalue weighted by atomic mass is 16.5. The number of nitrogens with one attached hydrogen (secondary N) is 3. The minimum absolute atomic E-state index is 0.0485. The molecule has 5 atom stereocenters. The summed E-state index contributed by atoms with van der Waals surface area (Å²) in [6, 6.07) is 34.3. The molecule has 0 bridgehead atoms. The minimum atomic E-state index is -0.913. The van der Waals surface area contributed by atoms with Gasteiger partial charge in [0.05, 0.1) is 43.7 Å². The number of imidazole rings is 1. The summed E-state index contributed by atoms with van der Waals surface area (Å²) in [6.45, 7) is 3.25. The average molecular weight is 767 g/mol. The second-order valence-corrected chi connectivity index (χ2v) is 14.9. The largest absolute Gasteiger partial charge is 0.453 e. The zero-order valence-corrected chi connectivity index (χ0v) is 33.1. The fraction of sp³-hybridized carbons (Fsp3) is 0.311. The maximum absolute atomic E-state index is 13.9. The molecule has 7 rings (SSSR count). The summed E-state index contributed by atoms with van der Waals surface area (Å²) in [4.78, 5) is 58.1. The molecule has 12 nitrogen and oxygen atoms in total. The maximum Gasteiger partial charge on any atom is 0.407 e. The van der Waals surface area contributed by atoms with E-state index in [-0.39, 0.29) is 29.9 Å². The Morgan fingerprint density at radius 3 is 2.09 bits per heavy atom. The van der Waals surface area contributed by atoms with E-state index in [1.807, 2.05) is 79.3 Å². The van der Waals surface area contributed by atoms with Gasteiger partial charge in [0.2, 0.25) is 11.8 Å². The molecule has 0 radical (unpaired) electrons. The number of hydrogen-bond acceptors (Lipinski definition) is 8. The lowest BCUT2D eigenvalue weighted by Gasteiger charge is -2.32. The van der Waals surface area contributed by atoms with Crippen LogP contribution in [0.1, 0.15) is 66.4 Å². The third kappa shape index (κ3) is 8.46. The van der Waals surface area contributed by atoms with E-state index in [0.717, 1.165) is 58.7 Å². The van der Waals surface area contributed by atoms with Crippen LogP contribution in [0.4, 0.5) is 4.79 Å². The van der Waals surface area contributed by atoms with Crippen molar-refractivity contribution >= 4 is 23.7 Å². The fourth-order valence-electron chi connectivity index (χ4n) is 7.75. The summed E-state index contributed by atoms with van der Waals surface area (Å²) < 4.78 is 4.78. The van der Waals surface area contributed by atoms with Crippen LogP contribution in [0, 0.1) is 0 Å². The second-order valence-electron chi connectivity index (χ2n) is 14.9. The van der Waals surface area contributed by atoms with Crippen molar-refractivity contribution in [2.75, 3.05) is 41.3 Å². The summed E-state index contributed by atoms with van der Waals surface area (Å²) in [5.41, 5.74) is 6.77. The van der Waals surface area contributed by atoms with Crippen molar-refractivity contribution in [2.45, 2.75) is 50.0 Å². The van der Waals surface area contributed by atoms with E-state index in [4.69, 9.17) is 9.73 Å². The first-order chi connectivity index (χ1) is 27.6. The normalized spacial score (nSPS) is 18.0.